The first-order valence-electron chi connectivity index (χ1n) is 5.62. The van der Waals surface area contributed by atoms with Crippen LogP contribution < -0.4 is 5.73 Å². The van der Waals surface area contributed by atoms with E-state index in [0.29, 0.717) is 0 Å². The van der Waals surface area contributed by atoms with Gasteiger partial charge in [-0.1, -0.05) is 34.1 Å². The van der Waals surface area contributed by atoms with E-state index < -0.39 is 11.7 Å². The van der Waals surface area contributed by atoms with Crippen molar-refractivity contribution in [2.75, 3.05) is 0 Å². The molecule has 0 bridgehead atoms. The van der Waals surface area contributed by atoms with E-state index in [1.165, 1.54) is 5.56 Å². The highest BCUT2D eigenvalue weighted by molar-refractivity contribution is 9.10. The minimum atomic E-state index is -0.712. The molecule has 94 valence electrons. The van der Waals surface area contributed by atoms with Crippen LogP contribution in [0.3, 0.4) is 0 Å². The molecule has 0 unspecified atom stereocenters. The Morgan fingerprint density at radius 1 is 1.41 bits per heavy atom. The maximum Gasteiger partial charge on any atom is 0.405 e. The Bertz CT molecular complexity index is 391. The first kappa shape index (κ1) is 14.0. The van der Waals surface area contributed by atoms with Crippen LogP contribution in [0.5, 0.6) is 0 Å². The molecule has 0 aliphatic carbocycles. The lowest BCUT2D eigenvalue weighted by Crippen LogP contribution is -2.31. The van der Waals surface area contributed by atoms with Crippen LogP contribution in [0, 0.1) is 0 Å². The average molecular weight is 300 g/mol. The van der Waals surface area contributed by atoms with Gasteiger partial charge in [0.1, 0.15) is 5.60 Å². The maximum absolute atomic E-state index is 10.7. The number of amides is 1. The van der Waals surface area contributed by atoms with Crippen LogP contribution in [-0.4, -0.2) is 11.7 Å². The quantitative estimate of drug-likeness (QED) is 0.902. The topological polar surface area (TPSA) is 52.3 Å². The van der Waals surface area contributed by atoms with Crippen molar-refractivity contribution in [3.63, 3.8) is 0 Å². The van der Waals surface area contributed by atoms with Crippen molar-refractivity contribution < 1.29 is 9.53 Å². The third kappa shape index (κ3) is 5.22. The Balaban J connectivity index is 2.42. The number of nitrogens with two attached hydrogens (primary N) is 1. The number of halogens is 1. The van der Waals surface area contributed by atoms with Crippen LogP contribution >= 0.6 is 15.9 Å². The molecule has 0 spiro atoms. The van der Waals surface area contributed by atoms with Gasteiger partial charge >= 0.3 is 6.09 Å². The predicted molar refractivity (Wildman–Crippen MR) is 71.8 cm³/mol. The van der Waals surface area contributed by atoms with Gasteiger partial charge in [-0.05, 0) is 44.7 Å². The number of aryl methyl sites for hydroxylation is 1. The van der Waals surface area contributed by atoms with Crippen LogP contribution in [0.15, 0.2) is 28.7 Å². The number of ether oxygens (including phenoxy) is 1. The van der Waals surface area contributed by atoms with Crippen LogP contribution in [-0.2, 0) is 11.2 Å². The molecule has 1 amide bonds. The molecule has 17 heavy (non-hydrogen) atoms. The molecule has 2 N–H and O–H groups in total. The second kappa shape index (κ2) is 6.05. The molecule has 1 aromatic carbocycles. The number of rotatable bonds is 5. The SMILES string of the molecule is CC(C)(CCCc1ccccc1Br)OC(N)=O. The molecule has 0 heterocycles. The van der Waals surface area contributed by atoms with Crippen LogP contribution in [0.4, 0.5) is 4.79 Å². The summed E-state index contributed by atoms with van der Waals surface area (Å²) >= 11 is 3.51. The molecule has 0 fully saturated rings. The van der Waals surface area contributed by atoms with Gasteiger partial charge in [0.15, 0.2) is 0 Å². The molecule has 4 heteroatoms. The van der Waals surface area contributed by atoms with Gasteiger partial charge in [-0.2, -0.15) is 0 Å². The van der Waals surface area contributed by atoms with E-state index in [9.17, 15) is 4.79 Å². The maximum atomic E-state index is 10.7. The van der Waals surface area contributed by atoms with Crippen molar-refractivity contribution in [2.24, 2.45) is 5.73 Å². The van der Waals surface area contributed by atoms with Crippen molar-refractivity contribution in [3.05, 3.63) is 34.3 Å². The van der Waals surface area contributed by atoms with Gasteiger partial charge in [0.05, 0.1) is 0 Å². The van der Waals surface area contributed by atoms with Gasteiger partial charge in [-0.3, -0.25) is 0 Å². The summed E-state index contributed by atoms with van der Waals surface area (Å²) in [5.41, 5.74) is 5.79. The number of carbonyl (C=O) groups excluding carboxylic acids is 1. The van der Waals surface area contributed by atoms with E-state index in [-0.39, 0.29) is 0 Å². The summed E-state index contributed by atoms with van der Waals surface area (Å²) in [5, 5.41) is 0. The van der Waals surface area contributed by atoms with Crippen LogP contribution in [0.2, 0.25) is 0 Å². The fourth-order valence-electron chi connectivity index (χ4n) is 1.73. The van der Waals surface area contributed by atoms with Gasteiger partial charge in [0.2, 0.25) is 0 Å². The number of hydrogen-bond acceptors (Lipinski definition) is 2. The number of carbonyl (C=O) groups is 1. The summed E-state index contributed by atoms with van der Waals surface area (Å²) in [6, 6.07) is 8.13. The molecule has 0 saturated heterocycles. The fraction of sp³-hybridized carbons (Fsp3) is 0.462. The van der Waals surface area contributed by atoms with Gasteiger partial charge < -0.3 is 10.5 Å². The molecule has 1 aromatic rings. The third-order valence-electron chi connectivity index (χ3n) is 2.56. The summed E-state index contributed by atoms with van der Waals surface area (Å²) in [5.74, 6) is 0. The first-order chi connectivity index (χ1) is 7.91. The molecule has 0 aliphatic heterocycles. The minimum absolute atomic E-state index is 0.493. The largest absolute Gasteiger partial charge is 0.444 e. The molecule has 0 aliphatic rings. The highest BCUT2D eigenvalue weighted by Crippen LogP contribution is 2.22. The van der Waals surface area contributed by atoms with E-state index in [1.54, 1.807) is 0 Å². The Labute approximate surface area is 110 Å². The van der Waals surface area contributed by atoms with Crippen molar-refractivity contribution >= 4 is 22.0 Å². The minimum Gasteiger partial charge on any atom is -0.444 e. The fourth-order valence-corrected chi connectivity index (χ4v) is 2.21. The Kier molecular flexibility index (Phi) is 5.00. The number of primary amides is 1. The number of hydrogen-bond donors (Lipinski definition) is 1. The van der Waals surface area contributed by atoms with E-state index in [0.717, 1.165) is 23.7 Å². The smallest absolute Gasteiger partial charge is 0.405 e. The lowest BCUT2D eigenvalue weighted by molar-refractivity contribution is 0.0378. The molecule has 0 radical (unpaired) electrons. The third-order valence-corrected chi connectivity index (χ3v) is 3.33. The van der Waals surface area contributed by atoms with Crippen molar-refractivity contribution in [1.82, 2.24) is 0 Å². The van der Waals surface area contributed by atoms with E-state index in [1.807, 2.05) is 32.0 Å². The second-order valence-electron chi connectivity index (χ2n) is 4.63. The Hall–Kier alpha value is -1.03. The zero-order chi connectivity index (χ0) is 12.9. The van der Waals surface area contributed by atoms with E-state index in [4.69, 9.17) is 10.5 Å². The van der Waals surface area contributed by atoms with Crippen LogP contribution in [0.1, 0.15) is 32.3 Å². The van der Waals surface area contributed by atoms with Gasteiger partial charge in [-0.15, -0.1) is 0 Å². The molecule has 3 nitrogen and oxygen atoms in total. The summed E-state index contributed by atoms with van der Waals surface area (Å²) in [4.78, 5) is 10.7. The molecule has 0 atom stereocenters. The monoisotopic (exact) mass is 299 g/mol. The van der Waals surface area contributed by atoms with Crippen molar-refractivity contribution in [3.8, 4) is 0 Å². The van der Waals surface area contributed by atoms with E-state index in [2.05, 4.69) is 22.0 Å². The van der Waals surface area contributed by atoms with Gasteiger partial charge in [0.25, 0.3) is 0 Å². The van der Waals surface area contributed by atoms with Crippen molar-refractivity contribution in [1.29, 1.82) is 0 Å². The zero-order valence-corrected chi connectivity index (χ0v) is 11.8. The normalized spacial score (nSPS) is 11.2. The van der Waals surface area contributed by atoms with Gasteiger partial charge in [-0.25, -0.2) is 4.79 Å². The van der Waals surface area contributed by atoms with Crippen molar-refractivity contribution in [2.45, 2.75) is 38.7 Å². The standard InChI is InChI=1S/C13H18BrNO2/c1-13(2,17-12(15)16)9-5-7-10-6-3-4-8-11(10)14/h3-4,6,8H,5,7,9H2,1-2H3,(H2,15,16). The molecular formula is C13H18BrNO2. The molecule has 0 aromatic heterocycles. The average Bonchev–Trinajstić information content (AvgIpc) is 2.18. The van der Waals surface area contributed by atoms with Gasteiger partial charge in [0, 0.05) is 4.47 Å². The molecule has 1 rings (SSSR count). The van der Waals surface area contributed by atoms with E-state index >= 15 is 0 Å². The predicted octanol–water partition coefficient (Wildman–Crippen LogP) is 3.65. The zero-order valence-electron chi connectivity index (χ0n) is 10.2. The summed E-state index contributed by atoms with van der Waals surface area (Å²) in [6.45, 7) is 3.75. The highest BCUT2D eigenvalue weighted by atomic mass is 79.9. The molecule has 0 saturated carbocycles. The lowest BCUT2D eigenvalue weighted by Gasteiger charge is -2.23. The van der Waals surface area contributed by atoms with Crippen LogP contribution in [0.25, 0.3) is 0 Å². The Morgan fingerprint density at radius 2 is 2.06 bits per heavy atom. The second-order valence-corrected chi connectivity index (χ2v) is 5.48. The first-order valence-corrected chi connectivity index (χ1v) is 6.42. The summed E-state index contributed by atoms with van der Waals surface area (Å²) in [7, 11) is 0. The number of benzene rings is 1. The Morgan fingerprint density at radius 3 is 2.65 bits per heavy atom. The summed E-state index contributed by atoms with van der Waals surface area (Å²) in [6.07, 6.45) is 1.98. The highest BCUT2D eigenvalue weighted by Gasteiger charge is 2.20. The lowest BCUT2D eigenvalue weighted by atomic mass is 9.99. The molecular weight excluding hydrogens is 282 g/mol. The summed E-state index contributed by atoms with van der Waals surface area (Å²) < 4.78 is 6.15.